The average molecular weight is 618 g/mol. The normalized spacial score (nSPS) is 22.3. The number of rotatable bonds is 4. The Morgan fingerprint density at radius 3 is 2.64 bits per heavy atom. The zero-order valence-electron chi connectivity index (χ0n) is 26.2. The van der Waals surface area contributed by atoms with Crippen LogP contribution >= 0.6 is 0 Å². The van der Waals surface area contributed by atoms with Crippen LogP contribution in [0.15, 0.2) is 52.7 Å². The van der Waals surface area contributed by atoms with E-state index in [1.807, 2.05) is 23.6 Å². The van der Waals surface area contributed by atoms with E-state index in [0.29, 0.717) is 29.2 Å². The molecule has 0 aliphatic carbocycles. The van der Waals surface area contributed by atoms with E-state index >= 15 is 4.39 Å². The van der Waals surface area contributed by atoms with Gasteiger partial charge in [0.05, 0.1) is 24.8 Å². The minimum absolute atomic E-state index is 0.0629. The molecule has 3 amide bonds. The van der Waals surface area contributed by atoms with Crippen molar-refractivity contribution >= 4 is 17.9 Å². The SMILES string of the molecule is CC1CN(C(=O)c2cc(CC3N=NC(=O)c4ccccc43)ccc2F)Cc2nnc(C3COC(C)(C)N3C(=O)OC(C)(C)C)n21. The van der Waals surface area contributed by atoms with Crippen molar-refractivity contribution < 1.29 is 28.2 Å². The third-order valence-corrected chi connectivity index (χ3v) is 8.24. The van der Waals surface area contributed by atoms with Gasteiger partial charge in [0.1, 0.15) is 29.2 Å². The molecule has 236 valence electrons. The van der Waals surface area contributed by atoms with E-state index in [0.717, 1.165) is 5.56 Å². The number of azo groups is 1. The van der Waals surface area contributed by atoms with Crippen LogP contribution in [0, 0.1) is 5.82 Å². The summed E-state index contributed by atoms with van der Waals surface area (Å²) >= 11 is 0. The fourth-order valence-corrected chi connectivity index (χ4v) is 6.22. The van der Waals surface area contributed by atoms with E-state index in [4.69, 9.17) is 9.47 Å². The summed E-state index contributed by atoms with van der Waals surface area (Å²) in [6, 6.07) is 10.3. The maximum Gasteiger partial charge on any atom is 0.413 e. The Bertz CT molecular complexity index is 1710. The quantitative estimate of drug-likeness (QED) is 0.374. The summed E-state index contributed by atoms with van der Waals surface area (Å²) in [5.41, 5.74) is 0.231. The van der Waals surface area contributed by atoms with Crippen LogP contribution in [0.5, 0.6) is 0 Å². The molecule has 3 aromatic rings. The number of hydrogen-bond acceptors (Lipinski definition) is 8. The standard InChI is InChI=1S/C32H36FN7O5/c1-18-15-38(16-26-35-36-27(39(18)26)25-17-44-32(5,6)40(25)30(43)45-31(2,3)4)29(42)22-13-19(11-12-23(22)33)14-24-20-9-7-8-10-21(20)28(41)37-34-24/h7-13,18,24-25H,14-17H2,1-6H3. The first-order valence-electron chi connectivity index (χ1n) is 15.0. The van der Waals surface area contributed by atoms with Gasteiger partial charge in [0.25, 0.3) is 11.8 Å². The Kier molecular flexibility index (Phi) is 7.54. The summed E-state index contributed by atoms with van der Waals surface area (Å²) in [5.74, 6) is -0.448. The first-order valence-corrected chi connectivity index (χ1v) is 15.0. The van der Waals surface area contributed by atoms with Crippen molar-refractivity contribution in [2.45, 2.75) is 84.0 Å². The number of carbonyl (C=O) groups excluding carboxylic acids is 3. The molecule has 4 heterocycles. The van der Waals surface area contributed by atoms with Crippen LogP contribution in [0.1, 0.15) is 103 Å². The lowest BCUT2D eigenvalue weighted by molar-refractivity contribution is -0.0630. The molecule has 45 heavy (non-hydrogen) atoms. The molecule has 0 radical (unpaired) electrons. The average Bonchev–Trinajstić information content (AvgIpc) is 3.54. The van der Waals surface area contributed by atoms with Crippen LogP contribution in [0.25, 0.3) is 0 Å². The Morgan fingerprint density at radius 1 is 1.13 bits per heavy atom. The molecule has 1 saturated heterocycles. The first kappa shape index (κ1) is 30.5. The van der Waals surface area contributed by atoms with Crippen LogP contribution in [-0.2, 0) is 22.4 Å². The van der Waals surface area contributed by atoms with Crippen molar-refractivity contribution in [1.82, 2.24) is 24.6 Å². The molecule has 3 aliphatic heterocycles. The number of hydrogen-bond donors (Lipinski definition) is 0. The second kappa shape index (κ2) is 11.1. The topological polar surface area (TPSA) is 132 Å². The fourth-order valence-electron chi connectivity index (χ4n) is 6.22. The Hall–Kier alpha value is -4.52. The molecule has 12 nitrogen and oxygen atoms in total. The number of benzene rings is 2. The molecular formula is C32H36FN7O5. The van der Waals surface area contributed by atoms with E-state index in [1.165, 1.54) is 12.1 Å². The Morgan fingerprint density at radius 2 is 1.89 bits per heavy atom. The Balaban J connectivity index is 1.23. The lowest BCUT2D eigenvalue weighted by atomic mass is 9.93. The molecule has 2 aromatic carbocycles. The van der Waals surface area contributed by atoms with Crippen LogP contribution in [-0.4, -0.2) is 66.9 Å². The maximum atomic E-state index is 15.1. The van der Waals surface area contributed by atoms with Crippen molar-refractivity contribution in [3.05, 3.63) is 82.2 Å². The zero-order valence-corrected chi connectivity index (χ0v) is 26.2. The van der Waals surface area contributed by atoms with Crippen LogP contribution in [0.4, 0.5) is 9.18 Å². The maximum absolute atomic E-state index is 15.1. The number of carbonyl (C=O) groups is 3. The molecule has 0 N–H and O–H groups in total. The smallest absolute Gasteiger partial charge is 0.413 e. The zero-order chi connectivity index (χ0) is 32.3. The molecule has 0 bridgehead atoms. The summed E-state index contributed by atoms with van der Waals surface area (Å²) in [6.07, 6.45) is -0.177. The van der Waals surface area contributed by atoms with Gasteiger partial charge in [0, 0.05) is 18.5 Å². The van der Waals surface area contributed by atoms with Gasteiger partial charge < -0.3 is 18.9 Å². The van der Waals surface area contributed by atoms with Crippen molar-refractivity contribution in [3.63, 3.8) is 0 Å². The predicted molar refractivity (Wildman–Crippen MR) is 159 cm³/mol. The summed E-state index contributed by atoms with van der Waals surface area (Å²) in [6.45, 7) is 11.5. The third-order valence-electron chi connectivity index (χ3n) is 8.24. The second-order valence-electron chi connectivity index (χ2n) is 13.1. The first-order chi connectivity index (χ1) is 21.2. The van der Waals surface area contributed by atoms with E-state index in [2.05, 4.69) is 20.4 Å². The summed E-state index contributed by atoms with van der Waals surface area (Å²) < 4.78 is 28.7. The lowest BCUT2D eigenvalue weighted by Gasteiger charge is -2.36. The molecule has 6 rings (SSSR count). The van der Waals surface area contributed by atoms with Crippen LogP contribution < -0.4 is 0 Å². The summed E-state index contributed by atoms with van der Waals surface area (Å²) in [7, 11) is 0. The molecule has 3 atom stereocenters. The van der Waals surface area contributed by atoms with E-state index < -0.39 is 47.1 Å². The van der Waals surface area contributed by atoms with Gasteiger partial charge in [0.15, 0.2) is 11.6 Å². The van der Waals surface area contributed by atoms with Gasteiger partial charge in [0.2, 0.25) is 0 Å². The highest BCUT2D eigenvalue weighted by atomic mass is 19.1. The highest BCUT2D eigenvalue weighted by molar-refractivity contribution is 5.97. The van der Waals surface area contributed by atoms with Crippen molar-refractivity contribution in [1.29, 1.82) is 0 Å². The molecule has 1 fully saturated rings. The van der Waals surface area contributed by atoms with E-state index in [1.54, 1.807) is 62.6 Å². The minimum Gasteiger partial charge on any atom is -0.444 e. The minimum atomic E-state index is -0.932. The van der Waals surface area contributed by atoms with Gasteiger partial charge in [-0.2, -0.15) is 5.11 Å². The van der Waals surface area contributed by atoms with Crippen molar-refractivity contribution in [2.24, 2.45) is 10.2 Å². The number of ether oxygens (including phenoxy) is 2. The summed E-state index contributed by atoms with van der Waals surface area (Å²) in [5, 5.41) is 16.8. The number of fused-ring (bicyclic) bond motifs is 2. The van der Waals surface area contributed by atoms with Gasteiger partial charge >= 0.3 is 6.09 Å². The fraction of sp³-hybridized carbons (Fsp3) is 0.469. The second-order valence-corrected chi connectivity index (χ2v) is 13.1. The van der Waals surface area contributed by atoms with Crippen molar-refractivity contribution in [2.75, 3.05) is 13.2 Å². The van der Waals surface area contributed by atoms with Gasteiger partial charge in [-0.05, 0) is 70.9 Å². The number of aromatic nitrogens is 3. The van der Waals surface area contributed by atoms with E-state index in [9.17, 15) is 14.4 Å². The van der Waals surface area contributed by atoms with Crippen LogP contribution in [0.3, 0.4) is 0 Å². The van der Waals surface area contributed by atoms with Gasteiger partial charge in [-0.1, -0.05) is 24.3 Å². The van der Waals surface area contributed by atoms with Crippen LogP contribution in [0.2, 0.25) is 0 Å². The van der Waals surface area contributed by atoms with Gasteiger partial charge in [-0.15, -0.1) is 15.3 Å². The summed E-state index contributed by atoms with van der Waals surface area (Å²) in [4.78, 5) is 42.2. The molecule has 0 saturated carbocycles. The predicted octanol–water partition coefficient (Wildman–Crippen LogP) is 5.57. The largest absolute Gasteiger partial charge is 0.444 e. The van der Waals surface area contributed by atoms with Gasteiger partial charge in [-0.3, -0.25) is 14.5 Å². The number of halogens is 1. The molecular weight excluding hydrogens is 581 g/mol. The van der Waals surface area contributed by atoms with Crippen molar-refractivity contribution in [3.8, 4) is 0 Å². The third kappa shape index (κ3) is 5.72. The highest BCUT2D eigenvalue weighted by Crippen LogP contribution is 2.39. The highest BCUT2D eigenvalue weighted by Gasteiger charge is 2.49. The van der Waals surface area contributed by atoms with Gasteiger partial charge in [-0.25, -0.2) is 9.18 Å². The monoisotopic (exact) mass is 617 g/mol. The molecule has 13 heteroatoms. The number of amides is 3. The Labute approximate surface area is 260 Å². The molecule has 1 aromatic heterocycles. The van der Waals surface area contributed by atoms with E-state index in [-0.39, 0.29) is 31.3 Å². The molecule has 0 spiro atoms. The lowest BCUT2D eigenvalue weighted by Crippen LogP contribution is -2.48. The number of nitrogens with zero attached hydrogens (tertiary/aromatic N) is 7. The molecule has 3 aliphatic rings. The molecule has 3 unspecified atom stereocenters.